The largest absolute Gasteiger partial charge is 0.261 e. The molecule has 2 aromatic carbocycles. The Morgan fingerprint density at radius 2 is 0.979 bits per heavy atom. The van der Waals surface area contributed by atoms with Gasteiger partial charge in [-0.15, -0.1) is 0 Å². The second kappa shape index (κ2) is 25.6. The van der Waals surface area contributed by atoms with Gasteiger partial charge in [-0.05, 0) is 42.7 Å². The van der Waals surface area contributed by atoms with Gasteiger partial charge in [-0.3, -0.25) is 0 Å². The Kier molecular flexibility index (Phi) is 21.3. The van der Waals surface area contributed by atoms with Crippen molar-refractivity contribution in [1.82, 2.24) is 4.57 Å². The third kappa shape index (κ3) is 16.5. The lowest BCUT2D eigenvalue weighted by atomic mass is 9.96. The summed E-state index contributed by atoms with van der Waals surface area (Å²) in [5.41, 5.74) is 4.42. The van der Waals surface area contributed by atoms with Crippen LogP contribution in [0.4, 0.5) is 0 Å². The molecule has 0 aliphatic carbocycles. The third-order valence-electron chi connectivity index (χ3n) is 10.4. The van der Waals surface area contributed by atoms with Crippen molar-refractivity contribution in [2.24, 2.45) is 0 Å². The molecule has 3 rings (SSSR count). The molecule has 2 heteroatoms. The zero-order chi connectivity index (χ0) is 33.2. The molecule has 0 bridgehead atoms. The molecule has 262 valence electrons. The monoisotopic (exact) mass is 642 g/mol. The Morgan fingerprint density at radius 3 is 1.49 bits per heavy atom. The van der Waals surface area contributed by atoms with Crippen LogP contribution >= 0.6 is 0 Å². The fourth-order valence-corrected chi connectivity index (χ4v) is 7.34. The van der Waals surface area contributed by atoms with Gasteiger partial charge in [0.05, 0.1) is 19.5 Å². The van der Waals surface area contributed by atoms with Crippen molar-refractivity contribution in [2.45, 2.75) is 194 Å². The van der Waals surface area contributed by atoms with Gasteiger partial charge in [0, 0.05) is 6.42 Å². The molecule has 1 aromatic heterocycles. The molecule has 1 heterocycles. The van der Waals surface area contributed by atoms with Crippen molar-refractivity contribution in [2.75, 3.05) is 0 Å². The quantitative estimate of drug-likeness (QED) is 0.0527. The van der Waals surface area contributed by atoms with Crippen molar-refractivity contribution in [3.05, 3.63) is 89.5 Å². The summed E-state index contributed by atoms with van der Waals surface area (Å²) < 4.78 is 5.41. The lowest BCUT2D eigenvalue weighted by Gasteiger charge is -2.12. The summed E-state index contributed by atoms with van der Waals surface area (Å²) in [6, 6.07) is 22.4. The average molecular weight is 642 g/mol. The van der Waals surface area contributed by atoms with Crippen LogP contribution in [0.3, 0.4) is 0 Å². The van der Waals surface area contributed by atoms with Crippen LogP contribution in [0.15, 0.2) is 66.9 Å². The zero-order valence-electron chi connectivity index (χ0n) is 31.2. The molecule has 2 nitrogen and oxygen atoms in total. The Labute approximate surface area is 291 Å². The molecule has 0 spiro atoms. The lowest BCUT2D eigenvalue weighted by Crippen LogP contribution is -2.41. The first-order chi connectivity index (χ1) is 23.2. The highest BCUT2D eigenvalue weighted by molar-refractivity contribution is 5.21. The smallest absolute Gasteiger partial charge is 0.234 e. The van der Waals surface area contributed by atoms with E-state index in [0.717, 1.165) is 25.9 Å². The predicted octanol–water partition coefficient (Wildman–Crippen LogP) is 13.3. The first-order valence-electron chi connectivity index (χ1n) is 20.4. The Balaban J connectivity index is 1.60. The van der Waals surface area contributed by atoms with Gasteiger partial charge >= 0.3 is 0 Å². The normalized spacial score (nSPS) is 12.1. The van der Waals surface area contributed by atoms with Crippen LogP contribution in [-0.4, -0.2) is 4.57 Å². The second-order valence-electron chi connectivity index (χ2n) is 14.6. The lowest BCUT2D eigenvalue weighted by molar-refractivity contribution is -0.710. The zero-order valence-corrected chi connectivity index (χ0v) is 31.2. The average Bonchev–Trinajstić information content (AvgIpc) is 3.41. The van der Waals surface area contributed by atoms with E-state index < -0.39 is 0 Å². The van der Waals surface area contributed by atoms with Crippen LogP contribution in [0.5, 0.6) is 0 Å². The van der Waals surface area contributed by atoms with Gasteiger partial charge in [-0.1, -0.05) is 197 Å². The summed E-state index contributed by atoms with van der Waals surface area (Å²) >= 11 is 0. The Hall–Kier alpha value is -2.35. The summed E-state index contributed by atoms with van der Waals surface area (Å²) in [6.45, 7) is 9.34. The number of rotatable bonds is 29. The molecule has 0 fully saturated rings. The number of hydrogen-bond acceptors (Lipinski definition) is 0. The molecule has 0 radical (unpaired) electrons. The van der Waals surface area contributed by atoms with Crippen LogP contribution in [0.25, 0.3) is 0 Å². The number of unbranched alkanes of at least 4 members (excludes halogenated alkanes) is 20. The van der Waals surface area contributed by atoms with Gasteiger partial charge in [0.25, 0.3) is 5.82 Å². The fourth-order valence-electron chi connectivity index (χ4n) is 7.34. The first-order valence-corrected chi connectivity index (χ1v) is 20.4. The van der Waals surface area contributed by atoms with Gasteiger partial charge in [-0.2, -0.15) is 0 Å². The van der Waals surface area contributed by atoms with E-state index in [2.05, 4.69) is 96.8 Å². The molecule has 0 saturated carbocycles. The minimum atomic E-state index is 0.516. The summed E-state index contributed by atoms with van der Waals surface area (Å²) in [5.74, 6) is 2.03. The minimum absolute atomic E-state index is 0.516. The summed E-state index contributed by atoms with van der Waals surface area (Å²) in [5, 5.41) is 0. The molecule has 3 aromatic rings. The standard InChI is InChI=1S/C45H73N2/c1-4-6-8-10-12-14-16-18-20-22-30-36-46-40-44(38-41(3)43-34-28-25-29-35-43)47(45(46)39-42-32-26-24-27-33-42)37-31-23-21-19-17-15-13-11-9-7-5-2/h24-29,32-35,40-41H,4-23,30-31,36-39H2,1-3H3/q+1. The van der Waals surface area contributed by atoms with Crippen molar-refractivity contribution in [1.29, 1.82) is 0 Å². The minimum Gasteiger partial charge on any atom is -0.234 e. The van der Waals surface area contributed by atoms with E-state index in [0.29, 0.717) is 5.92 Å². The highest BCUT2D eigenvalue weighted by Gasteiger charge is 2.25. The molecule has 0 aliphatic heterocycles. The highest BCUT2D eigenvalue weighted by Crippen LogP contribution is 2.22. The van der Waals surface area contributed by atoms with Gasteiger partial charge in [0.1, 0.15) is 11.9 Å². The topological polar surface area (TPSA) is 8.81 Å². The van der Waals surface area contributed by atoms with Crippen LogP contribution in [0.2, 0.25) is 0 Å². The SMILES string of the molecule is CCCCCCCCCCCCCn1cc(CC(C)c2ccccc2)[n+](CCCCCCCCCCCCC)c1Cc1ccccc1. The third-order valence-corrected chi connectivity index (χ3v) is 10.4. The van der Waals surface area contributed by atoms with E-state index in [1.54, 1.807) is 0 Å². The molecule has 0 N–H and O–H groups in total. The fraction of sp³-hybridized carbons (Fsp3) is 0.667. The Morgan fingerprint density at radius 1 is 0.532 bits per heavy atom. The van der Waals surface area contributed by atoms with Gasteiger partial charge in [0.15, 0.2) is 0 Å². The number of benzene rings is 2. The van der Waals surface area contributed by atoms with Gasteiger partial charge in [-0.25, -0.2) is 9.13 Å². The van der Waals surface area contributed by atoms with E-state index in [1.165, 1.54) is 164 Å². The van der Waals surface area contributed by atoms with Crippen LogP contribution < -0.4 is 4.57 Å². The molecule has 0 amide bonds. The molecule has 0 aliphatic rings. The molecular weight excluding hydrogens is 569 g/mol. The maximum atomic E-state index is 2.75. The van der Waals surface area contributed by atoms with E-state index in [1.807, 2.05) is 0 Å². The summed E-state index contributed by atoms with van der Waals surface area (Å²) in [7, 11) is 0. The van der Waals surface area contributed by atoms with Crippen molar-refractivity contribution in [3.63, 3.8) is 0 Å². The number of nitrogens with zero attached hydrogens (tertiary/aromatic N) is 2. The van der Waals surface area contributed by atoms with E-state index >= 15 is 0 Å². The van der Waals surface area contributed by atoms with Crippen molar-refractivity contribution >= 4 is 0 Å². The summed E-state index contributed by atoms with van der Waals surface area (Å²) in [6.07, 6.45) is 35.4. The number of aromatic nitrogens is 2. The Bertz CT molecular complexity index is 1130. The molecular formula is C45H73N2+. The maximum absolute atomic E-state index is 2.75. The molecule has 1 unspecified atom stereocenters. The van der Waals surface area contributed by atoms with Crippen LogP contribution in [-0.2, 0) is 25.9 Å². The highest BCUT2D eigenvalue weighted by atomic mass is 15.2. The number of hydrogen-bond donors (Lipinski definition) is 0. The number of imidazole rings is 1. The van der Waals surface area contributed by atoms with Crippen molar-refractivity contribution < 1.29 is 4.57 Å². The second-order valence-corrected chi connectivity index (χ2v) is 14.6. The molecule has 1 atom stereocenters. The van der Waals surface area contributed by atoms with Crippen molar-refractivity contribution in [3.8, 4) is 0 Å². The van der Waals surface area contributed by atoms with Gasteiger partial charge in [0.2, 0.25) is 0 Å². The molecule has 0 saturated heterocycles. The summed E-state index contributed by atoms with van der Waals surface area (Å²) in [4.78, 5) is 0. The van der Waals surface area contributed by atoms with E-state index in [-0.39, 0.29) is 0 Å². The van der Waals surface area contributed by atoms with E-state index in [4.69, 9.17) is 0 Å². The van der Waals surface area contributed by atoms with Crippen LogP contribution in [0, 0.1) is 0 Å². The number of aryl methyl sites for hydroxylation is 1. The van der Waals surface area contributed by atoms with E-state index in [9.17, 15) is 0 Å². The predicted molar refractivity (Wildman–Crippen MR) is 205 cm³/mol. The maximum Gasteiger partial charge on any atom is 0.261 e. The van der Waals surface area contributed by atoms with Crippen LogP contribution in [0.1, 0.15) is 191 Å². The molecule has 47 heavy (non-hydrogen) atoms. The first kappa shape index (κ1) is 39.1. The van der Waals surface area contributed by atoms with Gasteiger partial charge < -0.3 is 0 Å².